The molecule has 3 aromatic heterocycles. The maximum Gasteiger partial charge on any atom is 0.336 e. The fourth-order valence-electron chi connectivity index (χ4n) is 4.93. The fraction of sp³-hybridized carbons (Fsp3) is 0.560. The number of ether oxygens (including phenoxy) is 1. The number of hydrogen-bond acceptors (Lipinski definition) is 9. The summed E-state index contributed by atoms with van der Waals surface area (Å²) in [6.45, 7) is 8.71. The van der Waals surface area contributed by atoms with Crippen molar-refractivity contribution < 1.29 is 9.53 Å². The molecule has 0 saturated carbocycles. The number of fused-ring (bicyclic) bond motifs is 1. The third-order valence-electron chi connectivity index (χ3n) is 6.91. The number of nitrogen functional groups attached to an aromatic ring is 1. The molecule has 0 bridgehead atoms. The molecule has 2 aliphatic rings. The lowest BCUT2D eigenvalue weighted by atomic mass is 10.1. The van der Waals surface area contributed by atoms with E-state index in [1.807, 2.05) is 11.1 Å². The van der Waals surface area contributed by atoms with Gasteiger partial charge in [-0.15, -0.1) is 5.10 Å². The van der Waals surface area contributed by atoms with E-state index in [4.69, 9.17) is 15.5 Å². The van der Waals surface area contributed by atoms with Gasteiger partial charge in [-0.1, -0.05) is 19.4 Å². The zero-order valence-electron chi connectivity index (χ0n) is 21.1. The van der Waals surface area contributed by atoms with Crippen LogP contribution in [0.3, 0.4) is 0 Å². The highest BCUT2D eigenvalue weighted by molar-refractivity contribution is 5.82. The maximum atomic E-state index is 12.7. The van der Waals surface area contributed by atoms with Gasteiger partial charge in [-0.05, 0) is 43.9 Å². The molecule has 1 unspecified atom stereocenters. The summed E-state index contributed by atoms with van der Waals surface area (Å²) in [7, 11) is 0. The number of pyridine rings is 1. The number of amides is 1. The second kappa shape index (κ2) is 10.7. The number of anilines is 2. The molecule has 3 aromatic rings. The van der Waals surface area contributed by atoms with Crippen LogP contribution in [0.25, 0.3) is 5.65 Å². The second-order valence-electron chi connectivity index (χ2n) is 9.59. The van der Waals surface area contributed by atoms with E-state index >= 15 is 0 Å². The Balaban J connectivity index is 1.25. The number of hydrogen-bond donors (Lipinski definition) is 2. The van der Waals surface area contributed by atoms with Crippen molar-refractivity contribution in [1.82, 2.24) is 34.8 Å². The van der Waals surface area contributed by atoms with Crippen molar-refractivity contribution in [1.29, 1.82) is 0 Å². The Labute approximate surface area is 211 Å². The normalized spacial score (nSPS) is 18.2. The number of aromatic nitrogens is 5. The molecule has 36 heavy (non-hydrogen) atoms. The minimum absolute atomic E-state index is 0.00470. The standard InChI is InChI=1S/C25H35N9O2/c1-3-4-12-36-25-30-21(26)23-29-16-19(34(23)31-25)14-18-13-17(2)22(28-15-18)32-8-10-33(11-9-32)24(35)20-6-5-7-27-20/h13,15-16,20,27H,3-12,14H2,1-2H3,(H2,26,30,31). The Morgan fingerprint density at radius 3 is 2.78 bits per heavy atom. The molecule has 11 heteroatoms. The number of rotatable bonds is 8. The summed E-state index contributed by atoms with van der Waals surface area (Å²) in [6.07, 6.45) is 8.27. The van der Waals surface area contributed by atoms with Gasteiger partial charge in [-0.3, -0.25) is 4.79 Å². The molecule has 0 spiro atoms. The van der Waals surface area contributed by atoms with E-state index in [1.54, 1.807) is 10.7 Å². The van der Waals surface area contributed by atoms with Gasteiger partial charge in [-0.25, -0.2) is 14.5 Å². The van der Waals surface area contributed by atoms with Crippen LogP contribution in [0.5, 0.6) is 6.01 Å². The topological polar surface area (TPSA) is 127 Å². The molecule has 0 radical (unpaired) electrons. The van der Waals surface area contributed by atoms with Crippen LogP contribution in [0.4, 0.5) is 11.6 Å². The average Bonchev–Trinajstić information content (AvgIpc) is 3.55. The molecule has 11 nitrogen and oxygen atoms in total. The fourth-order valence-corrected chi connectivity index (χ4v) is 4.93. The van der Waals surface area contributed by atoms with Crippen molar-refractivity contribution in [3.8, 4) is 6.01 Å². The lowest BCUT2D eigenvalue weighted by molar-refractivity contribution is -0.133. The van der Waals surface area contributed by atoms with Gasteiger partial charge in [0.05, 0.1) is 24.5 Å². The Hall–Kier alpha value is -3.47. The molecule has 5 rings (SSSR count). The highest BCUT2D eigenvalue weighted by atomic mass is 16.5. The monoisotopic (exact) mass is 493 g/mol. The van der Waals surface area contributed by atoms with E-state index in [0.717, 1.165) is 81.0 Å². The van der Waals surface area contributed by atoms with Crippen molar-refractivity contribution in [2.24, 2.45) is 0 Å². The van der Waals surface area contributed by atoms with Crippen LogP contribution in [-0.2, 0) is 11.2 Å². The molecule has 192 valence electrons. The van der Waals surface area contributed by atoms with Gasteiger partial charge in [0.25, 0.3) is 0 Å². The van der Waals surface area contributed by atoms with E-state index in [1.165, 1.54) is 0 Å². The van der Waals surface area contributed by atoms with Crippen molar-refractivity contribution in [2.45, 2.75) is 52.0 Å². The van der Waals surface area contributed by atoms with E-state index in [-0.39, 0.29) is 18.0 Å². The first-order valence-corrected chi connectivity index (χ1v) is 12.9. The van der Waals surface area contributed by atoms with Crippen LogP contribution < -0.4 is 20.7 Å². The van der Waals surface area contributed by atoms with Crippen LogP contribution >= 0.6 is 0 Å². The first kappa shape index (κ1) is 24.2. The number of imidazole rings is 1. The van der Waals surface area contributed by atoms with Gasteiger partial charge in [-0.2, -0.15) is 4.98 Å². The van der Waals surface area contributed by atoms with Gasteiger partial charge >= 0.3 is 6.01 Å². The van der Waals surface area contributed by atoms with Crippen molar-refractivity contribution in [3.05, 3.63) is 35.3 Å². The van der Waals surface area contributed by atoms with E-state index in [9.17, 15) is 4.79 Å². The van der Waals surface area contributed by atoms with E-state index in [0.29, 0.717) is 24.5 Å². The minimum atomic E-state index is -0.00470. The van der Waals surface area contributed by atoms with Gasteiger partial charge in [0.15, 0.2) is 11.5 Å². The zero-order chi connectivity index (χ0) is 25.1. The Morgan fingerprint density at radius 1 is 1.22 bits per heavy atom. The highest BCUT2D eigenvalue weighted by Gasteiger charge is 2.29. The van der Waals surface area contributed by atoms with Crippen molar-refractivity contribution in [3.63, 3.8) is 0 Å². The third-order valence-corrected chi connectivity index (χ3v) is 6.91. The first-order valence-electron chi connectivity index (χ1n) is 12.9. The van der Waals surface area contributed by atoms with Crippen LogP contribution in [0.2, 0.25) is 0 Å². The van der Waals surface area contributed by atoms with E-state index < -0.39 is 0 Å². The smallest absolute Gasteiger partial charge is 0.336 e. The SMILES string of the molecule is CCCCOc1nc(N)c2ncc(Cc3cnc(N4CCN(C(=O)C5CCCN5)CC4)c(C)c3)n2n1. The first-order chi connectivity index (χ1) is 17.5. The molecule has 0 aromatic carbocycles. The lowest BCUT2D eigenvalue weighted by Gasteiger charge is -2.37. The summed E-state index contributed by atoms with van der Waals surface area (Å²) in [5.41, 5.74) is 9.68. The number of piperazine rings is 1. The largest absolute Gasteiger partial charge is 0.462 e. The summed E-state index contributed by atoms with van der Waals surface area (Å²) in [5, 5.41) is 7.82. The van der Waals surface area contributed by atoms with Gasteiger partial charge < -0.3 is 25.6 Å². The maximum absolute atomic E-state index is 12.7. The number of carbonyl (C=O) groups excluding carboxylic acids is 1. The summed E-state index contributed by atoms with van der Waals surface area (Å²) in [4.78, 5) is 30.4. The van der Waals surface area contributed by atoms with Gasteiger partial charge in [0.1, 0.15) is 5.82 Å². The van der Waals surface area contributed by atoms with Gasteiger partial charge in [0, 0.05) is 38.8 Å². The number of nitrogens with one attached hydrogen (secondary N) is 1. The number of aryl methyl sites for hydroxylation is 1. The summed E-state index contributed by atoms with van der Waals surface area (Å²) < 4.78 is 7.38. The highest BCUT2D eigenvalue weighted by Crippen LogP contribution is 2.23. The zero-order valence-corrected chi connectivity index (χ0v) is 21.1. The second-order valence-corrected chi connectivity index (χ2v) is 9.59. The Morgan fingerprint density at radius 2 is 2.06 bits per heavy atom. The average molecular weight is 494 g/mol. The molecule has 2 aliphatic heterocycles. The number of nitrogens with zero attached hydrogens (tertiary/aromatic N) is 7. The van der Waals surface area contributed by atoms with Crippen LogP contribution in [0.15, 0.2) is 18.5 Å². The van der Waals surface area contributed by atoms with Crippen LogP contribution in [0, 0.1) is 6.92 Å². The van der Waals surface area contributed by atoms with Crippen molar-refractivity contribution >= 4 is 23.2 Å². The van der Waals surface area contributed by atoms with Crippen LogP contribution in [-0.4, -0.2) is 80.7 Å². The molecular formula is C25H35N9O2. The van der Waals surface area contributed by atoms with E-state index in [2.05, 4.69) is 45.2 Å². The Kier molecular flexibility index (Phi) is 7.17. The predicted molar refractivity (Wildman–Crippen MR) is 137 cm³/mol. The number of nitrogens with two attached hydrogens (primary N) is 1. The summed E-state index contributed by atoms with van der Waals surface area (Å²) in [5.74, 6) is 1.51. The third kappa shape index (κ3) is 5.06. The molecule has 2 fully saturated rings. The number of unbranched alkanes of at least 4 members (excludes halogenated alkanes) is 1. The molecule has 1 amide bonds. The van der Waals surface area contributed by atoms with Crippen molar-refractivity contribution in [2.75, 3.05) is 50.0 Å². The molecular weight excluding hydrogens is 458 g/mol. The summed E-state index contributed by atoms with van der Waals surface area (Å²) >= 11 is 0. The molecule has 0 aliphatic carbocycles. The van der Waals surface area contributed by atoms with Gasteiger partial charge in [0.2, 0.25) is 5.91 Å². The summed E-state index contributed by atoms with van der Waals surface area (Å²) in [6, 6.07) is 2.42. The predicted octanol–water partition coefficient (Wildman–Crippen LogP) is 1.58. The molecule has 3 N–H and O–H groups in total. The number of carbonyl (C=O) groups is 1. The minimum Gasteiger partial charge on any atom is -0.462 e. The molecule has 5 heterocycles. The molecule has 2 saturated heterocycles. The molecule has 1 atom stereocenters. The lowest BCUT2D eigenvalue weighted by Crippen LogP contribution is -2.53. The van der Waals surface area contributed by atoms with Crippen LogP contribution in [0.1, 0.15) is 49.4 Å². The quantitative estimate of drug-likeness (QED) is 0.450. The Bertz CT molecular complexity index is 1210.